The summed E-state index contributed by atoms with van der Waals surface area (Å²) in [6.07, 6.45) is 29.0. The SMILES string of the molecule is CCCCCCCCCCCCCCCCCC(=O)O.CCC[CH2][Sn]([CH2]CCC)[CH2]CCC. The van der Waals surface area contributed by atoms with E-state index in [0.717, 1.165) is 12.8 Å². The van der Waals surface area contributed by atoms with Gasteiger partial charge in [-0.15, -0.1) is 0 Å². The third-order valence-corrected chi connectivity index (χ3v) is 15.7. The van der Waals surface area contributed by atoms with E-state index in [2.05, 4.69) is 27.7 Å². The van der Waals surface area contributed by atoms with Crippen LogP contribution in [0, 0.1) is 0 Å². The minimum absolute atomic E-state index is 0.345. The molecular formula is C30H63O2Sn. The van der Waals surface area contributed by atoms with Gasteiger partial charge in [0, 0.05) is 6.42 Å². The summed E-state index contributed by atoms with van der Waals surface area (Å²) < 4.78 is 5.04. The predicted molar refractivity (Wildman–Crippen MR) is 152 cm³/mol. The van der Waals surface area contributed by atoms with Crippen molar-refractivity contribution in [3.63, 3.8) is 0 Å². The zero-order chi connectivity index (χ0) is 24.8. The summed E-state index contributed by atoms with van der Waals surface area (Å²) in [5.74, 6) is -0.653. The van der Waals surface area contributed by atoms with E-state index in [1.54, 1.807) is 13.3 Å². The average Bonchev–Trinajstić information content (AvgIpc) is 2.81. The number of hydrogen-bond donors (Lipinski definition) is 1. The normalized spacial score (nSPS) is 10.9. The van der Waals surface area contributed by atoms with Crippen LogP contribution in [-0.2, 0) is 4.79 Å². The molecule has 0 aliphatic rings. The Morgan fingerprint density at radius 3 is 1.00 bits per heavy atom. The maximum absolute atomic E-state index is 10.3. The van der Waals surface area contributed by atoms with Gasteiger partial charge in [-0.25, -0.2) is 0 Å². The number of rotatable bonds is 25. The Morgan fingerprint density at radius 2 is 0.727 bits per heavy atom. The van der Waals surface area contributed by atoms with Gasteiger partial charge in [0.2, 0.25) is 0 Å². The molecule has 1 N–H and O–H groups in total. The van der Waals surface area contributed by atoms with Crippen LogP contribution < -0.4 is 0 Å². The van der Waals surface area contributed by atoms with E-state index in [0.29, 0.717) is 6.42 Å². The van der Waals surface area contributed by atoms with E-state index in [1.807, 2.05) is 0 Å². The Labute approximate surface area is 217 Å². The molecule has 0 aromatic rings. The molecule has 33 heavy (non-hydrogen) atoms. The maximum atomic E-state index is 10.3. The summed E-state index contributed by atoms with van der Waals surface area (Å²) in [7, 11) is 0. The Balaban J connectivity index is 0. The molecule has 0 rings (SSSR count). The fourth-order valence-corrected chi connectivity index (χ4v) is 13.8. The first-order chi connectivity index (χ1) is 16.1. The third kappa shape index (κ3) is 34.5. The molecule has 0 atom stereocenters. The Kier molecular flexibility index (Phi) is 34.6. The van der Waals surface area contributed by atoms with Crippen molar-refractivity contribution >= 4 is 25.7 Å². The van der Waals surface area contributed by atoms with Crippen LogP contribution in [0.5, 0.6) is 0 Å². The van der Waals surface area contributed by atoms with Gasteiger partial charge >= 0.3 is 98.3 Å². The molecule has 0 amide bonds. The fourth-order valence-electron chi connectivity index (χ4n) is 4.30. The summed E-state index contributed by atoms with van der Waals surface area (Å²) in [4.78, 5) is 10.3. The van der Waals surface area contributed by atoms with E-state index < -0.39 is 25.7 Å². The molecule has 0 spiro atoms. The minimum atomic E-state index is -0.839. The van der Waals surface area contributed by atoms with Crippen molar-refractivity contribution in [1.29, 1.82) is 0 Å². The van der Waals surface area contributed by atoms with Gasteiger partial charge in [-0.2, -0.15) is 0 Å². The van der Waals surface area contributed by atoms with E-state index in [1.165, 1.54) is 122 Å². The number of carboxylic acids is 1. The van der Waals surface area contributed by atoms with Crippen LogP contribution in [0.25, 0.3) is 0 Å². The van der Waals surface area contributed by atoms with Crippen LogP contribution >= 0.6 is 0 Å². The summed E-state index contributed by atoms with van der Waals surface area (Å²) in [5, 5.41) is 8.52. The van der Waals surface area contributed by atoms with Crippen molar-refractivity contribution in [2.24, 2.45) is 0 Å². The molecule has 3 heteroatoms. The molecule has 0 aromatic carbocycles. The van der Waals surface area contributed by atoms with E-state index >= 15 is 0 Å². The van der Waals surface area contributed by atoms with Crippen LogP contribution in [0.15, 0.2) is 0 Å². The average molecular weight is 575 g/mol. The van der Waals surface area contributed by atoms with E-state index in [4.69, 9.17) is 5.11 Å². The number of aliphatic carboxylic acids is 1. The fraction of sp³-hybridized carbons (Fsp3) is 0.967. The molecule has 0 aliphatic carbocycles. The molecule has 0 bridgehead atoms. The number of unbranched alkanes of at least 4 members (excludes halogenated alkanes) is 17. The first kappa shape index (κ1) is 35.4. The molecule has 0 saturated heterocycles. The molecule has 0 unspecified atom stereocenters. The summed E-state index contributed by atoms with van der Waals surface area (Å²) in [6.45, 7) is 9.27. The molecule has 2 nitrogen and oxygen atoms in total. The first-order valence-corrected chi connectivity index (χ1v) is 21.2. The van der Waals surface area contributed by atoms with Crippen LogP contribution in [0.3, 0.4) is 0 Å². The van der Waals surface area contributed by atoms with Crippen molar-refractivity contribution < 1.29 is 9.90 Å². The Hall–Kier alpha value is 0.269. The molecule has 199 valence electrons. The van der Waals surface area contributed by atoms with Gasteiger partial charge in [0.15, 0.2) is 0 Å². The molecule has 0 saturated carbocycles. The van der Waals surface area contributed by atoms with Gasteiger partial charge in [-0.1, -0.05) is 96.8 Å². The topological polar surface area (TPSA) is 37.3 Å². The van der Waals surface area contributed by atoms with Gasteiger partial charge in [-0.05, 0) is 6.42 Å². The second kappa shape index (κ2) is 32.3. The number of carbonyl (C=O) groups is 1. The van der Waals surface area contributed by atoms with Gasteiger partial charge in [-0.3, -0.25) is 4.79 Å². The zero-order valence-electron chi connectivity index (χ0n) is 23.5. The van der Waals surface area contributed by atoms with Crippen molar-refractivity contribution in [2.75, 3.05) is 0 Å². The Morgan fingerprint density at radius 1 is 0.455 bits per heavy atom. The standard InChI is InChI=1S/C18H36O2.3C4H9.Sn/c1-2-3-4-5-6-7-8-9-10-11-12-13-14-15-16-17-18(19)20;3*1-3-4-2;/h2-17H2,1H3,(H,19,20);3*1,3-4H2,2H3;. The summed E-state index contributed by atoms with van der Waals surface area (Å²) >= 11 is -0.839. The van der Waals surface area contributed by atoms with Crippen molar-refractivity contribution in [3.05, 3.63) is 0 Å². The van der Waals surface area contributed by atoms with Crippen LogP contribution in [0.1, 0.15) is 169 Å². The third-order valence-electron chi connectivity index (χ3n) is 6.65. The van der Waals surface area contributed by atoms with Crippen LogP contribution in [-0.4, -0.2) is 30.8 Å². The predicted octanol–water partition coefficient (Wildman–Crippen LogP) is 11.2. The van der Waals surface area contributed by atoms with Crippen LogP contribution in [0.4, 0.5) is 0 Å². The van der Waals surface area contributed by atoms with Gasteiger partial charge < -0.3 is 5.11 Å². The first-order valence-electron chi connectivity index (χ1n) is 15.2. The molecule has 0 fully saturated rings. The second-order valence-corrected chi connectivity index (χ2v) is 18.7. The van der Waals surface area contributed by atoms with Gasteiger partial charge in [0.05, 0.1) is 0 Å². The molecule has 0 aliphatic heterocycles. The summed E-state index contributed by atoms with van der Waals surface area (Å²) in [5.41, 5.74) is 0. The van der Waals surface area contributed by atoms with E-state index in [9.17, 15) is 4.79 Å². The van der Waals surface area contributed by atoms with Gasteiger partial charge in [0.25, 0.3) is 0 Å². The molecule has 0 aromatic heterocycles. The quantitative estimate of drug-likeness (QED) is 0.0870. The van der Waals surface area contributed by atoms with E-state index in [-0.39, 0.29) is 0 Å². The monoisotopic (exact) mass is 575 g/mol. The van der Waals surface area contributed by atoms with Gasteiger partial charge in [0.1, 0.15) is 0 Å². The second-order valence-electron chi connectivity index (χ2n) is 10.2. The molecule has 1 radical (unpaired) electrons. The summed E-state index contributed by atoms with van der Waals surface area (Å²) in [6, 6.07) is 0. The number of hydrogen-bond acceptors (Lipinski definition) is 1. The molecular weight excluding hydrogens is 511 g/mol. The van der Waals surface area contributed by atoms with Crippen molar-refractivity contribution in [1.82, 2.24) is 0 Å². The molecule has 0 heterocycles. The van der Waals surface area contributed by atoms with Crippen LogP contribution in [0.2, 0.25) is 13.3 Å². The Bertz CT molecular complexity index is 340. The van der Waals surface area contributed by atoms with Crippen molar-refractivity contribution in [2.45, 2.75) is 182 Å². The van der Waals surface area contributed by atoms with Crippen molar-refractivity contribution in [3.8, 4) is 0 Å². The number of carboxylic acid groups (broad SMARTS) is 1. The zero-order valence-corrected chi connectivity index (χ0v) is 26.4.